The van der Waals surface area contributed by atoms with Gasteiger partial charge >= 0.3 is 0 Å². The number of benzene rings is 1. The van der Waals surface area contributed by atoms with Crippen molar-refractivity contribution in [2.45, 2.75) is 6.04 Å². The number of thiophene rings is 1. The van der Waals surface area contributed by atoms with E-state index in [0.29, 0.717) is 0 Å². The lowest BCUT2D eigenvalue weighted by Crippen LogP contribution is -2.29. The number of nitrogens with two attached hydrogens (primary N) is 1. The van der Waals surface area contributed by atoms with Crippen molar-refractivity contribution in [3.05, 3.63) is 63.0 Å². The van der Waals surface area contributed by atoms with E-state index in [0.717, 1.165) is 20.4 Å². The summed E-state index contributed by atoms with van der Waals surface area (Å²) in [4.78, 5) is 5.65. The van der Waals surface area contributed by atoms with Crippen molar-refractivity contribution in [2.24, 2.45) is 5.84 Å². The number of nitrogens with zero attached hydrogens (tertiary/aromatic N) is 1. The number of aromatic nitrogens is 1. The molecule has 2 aromatic heterocycles. The number of nitrogens with one attached hydrogen (secondary N) is 1. The van der Waals surface area contributed by atoms with E-state index >= 15 is 0 Å². The molecule has 3 rings (SSSR count). The van der Waals surface area contributed by atoms with E-state index in [-0.39, 0.29) is 6.04 Å². The lowest BCUT2D eigenvalue weighted by molar-refractivity contribution is 0.633. The van der Waals surface area contributed by atoms with Crippen LogP contribution in [-0.4, -0.2) is 4.98 Å². The van der Waals surface area contributed by atoms with Gasteiger partial charge in [0.2, 0.25) is 0 Å². The highest BCUT2D eigenvalue weighted by atomic mass is 79.9. The van der Waals surface area contributed by atoms with E-state index in [1.54, 1.807) is 11.3 Å². The Morgan fingerprint density at radius 2 is 2.05 bits per heavy atom. The molecule has 2 heterocycles. The largest absolute Gasteiger partial charge is 0.270 e. The van der Waals surface area contributed by atoms with Gasteiger partial charge in [0, 0.05) is 20.9 Å². The van der Waals surface area contributed by atoms with E-state index in [1.165, 1.54) is 5.39 Å². The summed E-state index contributed by atoms with van der Waals surface area (Å²) in [5, 5.41) is 4.32. The molecule has 0 saturated carbocycles. The predicted octanol–water partition coefficient (Wildman–Crippen LogP) is 3.61. The number of hydrogen-bond donors (Lipinski definition) is 2. The van der Waals surface area contributed by atoms with Gasteiger partial charge in [0.15, 0.2) is 0 Å². The van der Waals surface area contributed by atoms with Gasteiger partial charge in [0.25, 0.3) is 0 Å². The highest BCUT2D eigenvalue weighted by Gasteiger charge is 2.20. The number of hydrazine groups is 1. The van der Waals surface area contributed by atoms with Crippen molar-refractivity contribution < 1.29 is 0 Å². The summed E-state index contributed by atoms with van der Waals surface area (Å²) in [7, 11) is 0. The maximum atomic E-state index is 5.75. The van der Waals surface area contributed by atoms with Gasteiger partial charge < -0.3 is 0 Å². The molecule has 0 amide bonds. The first-order valence-electron chi connectivity index (χ1n) is 5.84. The first-order chi connectivity index (χ1) is 9.31. The second kappa shape index (κ2) is 5.38. The van der Waals surface area contributed by atoms with Crippen LogP contribution in [0.2, 0.25) is 0 Å². The van der Waals surface area contributed by atoms with E-state index in [9.17, 15) is 0 Å². The quantitative estimate of drug-likeness (QED) is 0.568. The lowest BCUT2D eigenvalue weighted by Gasteiger charge is -2.16. The Morgan fingerprint density at radius 1 is 1.21 bits per heavy atom. The molecular weight excluding hydrogens is 322 g/mol. The van der Waals surface area contributed by atoms with Crippen molar-refractivity contribution in [2.75, 3.05) is 0 Å². The molecule has 3 N–H and O–H groups in total. The van der Waals surface area contributed by atoms with Crippen molar-refractivity contribution in [1.29, 1.82) is 0 Å². The van der Waals surface area contributed by atoms with E-state index in [1.807, 2.05) is 35.8 Å². The molecule has 0 saturated heterocycles. The van der Waals surface area contributed by atoms with Gasteiger partial charge in [0.1, 0.15) is 0 Å². The summed E-state index contributed by atoms with van der Waals surface area (Å²) >= 11 is 5.21. The molecule has 96 valence electrons. The van der Waals surface area contributed by atoms with Crippen LogP contribution < -0.4 is 11.3 Å². The standard InChI is InChI=1S/C14H12BrN3S/c15-11-6-8-19-14(11)13(18-16)12-10-4-2-1-3-9(10)5-7-17-12/h1-8,13,18H,16H2. The number of pyridine rings is 1. The minimum atomic E-state index is -0.111. The summed E-state index contributed by atoms with van der Waals surface area (Å²) in [6.45, 7) is 0. The zero-order valence-corrected chi connectivity index (χ0v) is 12.4. The molecule has 0 aliphatic carbocycles. The second-order valence-corrected chi connectivity index (χ2v) is 5.95. The van der Waals surface area contributed by atoms with Gasteiger partial charge in [-0.3, -0.25) is 10.8 Å². The summed E-state index contributed by atoms with van der Waals surface area (Å²) in [5.74, 6) is 5.75. The van der Waals surface area contributed by atoms with E-state index < -0.39 is 0 Å². The molecule has 0 aliphatic rings. The van der Waals surface area contributed by atoms with Crippen molar-refractivity contribution >= 4 is 38.0 Å². The summed E-state index contributed by atoms with van der Waals surface area (Å²) in [6, 6.07) is 12.1. The molecular formula is C14H12BrN3S. The molecule has 0 fully saturated rings. The monoisotopic (exact) mass is 333 g/mol. The number of hydrogen-bond acceptors (Lipinski definition) is 4. The maximum absolute atomic E-state index is 5.75. The summed E-state index contributed by atoms with van der Waals surface area (Å²) in [5.41, 5.74) is 3.82. The van der Waals surface area contributed by atoms with Crippen molar-refractivity contribution in [3.8, 4) is 0 Å². The zero-order chi connectivity index (χ0) is 13.2. The van der Waals surface area contributed by atoms with Gasteiger partial charge in [-0.25, -0.2) is 5.43 Å². The zero-order valence-electron chi connectivity index (χ0n) is 10.0. The van der Waals surface area contributed by atoms with Gasteiger partial charge in [-0.15, -0.1) is 11.3 Å². The van der Waals surface area contributed by atoms with Crippen LogP contribution in [0.5, 0.6) is 0 Å². The third-order valence-corrected chi connectivity index (χ3v) is 4.99. The van der Waals surface area contributed by atoms with Crippen LogP contribution in [0.1, 0.15) is 16.6 Å². The first-order valence-corrected chi connectivity index (χ1v) is 7.51. The SMILES string of the molecule is NNC(c1sccc1Br)c1nccc2ccccc12. The highest BCUT2D eigenvalue weighted by molar-refractivity contribution is 9.10. The van der Waals surface area contributed by atoms with Crippen LogP contribution in [0.4, 0.5) is 0 Å². The molecule has 1 aromatic carbocycles. The van der Waals surface area contributed by atoms with Crippen LogP contribution in [0.3, 0.4) is 0 Å². The Labute approximate surface area is 123 Å². The molecule has 0 radical (unpaired) electrons. The Morgan fingerprint density at radius 3 is 2.79 bits per heavy atom. The van der Waals surface area contributed by atoms with Gasteiger partial charge in [-0.05, 0) is 38.8 Å². The second-order valence-electron chi connectivity index (χ2n) is 4.15. The molecule has 0 aliphatic heterocycles. The Bertz CT molecular complexity index is 705. The van der Waals surface area contributed by atoms with Crippen molar-refractivity contribution in [1.82, 2.24) is 10.4 Å². The normalized spacial score (nSPS) is 12.7. The Hall–Kier alpha value is -1.27. The van der Waals surface area contributed by atoms with E-state index in [4.69, 9.17) is 5.84 Å². The number of fused-ring (bicyclic) bond motifs is 1. The van der Waals surface area contributed by atoms with E-state index in [2.05, 4.69) is 38.5 Å². The summed E-state index contributed by atoms with van der Waals surface area (Å²) in [6.07, 6.45) is 1.82. The van der Waals surface area contributed by atoms with Gasteiger partial charge in [0.05, 0.1) is 11.7 Å². The first kappa shape index (κ1) is 12.7. The topological polar surface area (TPSA) is 50.9 Å². The molecule has 3 nitrogen and oxygen atoms in total. The fourth-order valence-corrected chi connectivity index (χ4v) is 3.83. The number of rotatable bonds is 3. The van der Waals surface area contributed by atoms with Crippen LogP contribution in [0, 0.1) is 0 Å². The molecule has 0 bridgehead atoms. The van der Waals surface area contributed by atoms with Gasteiger partial charge in [-0.1, -0.05) is 24.3 Å². The van der Waals surface area contributed by atoms with Crippen LogP contribution >= 0.6 is 27.3 Å². The van der Waals surface area contributed by atoms with Crippen LogP contribution in [0.25, 0.3) is 10.8 Å². The third-order valence-electron chi connectivity index (χ3n) is 3.05. The molecule has 1 atom stereocenters. The molecule has 19 heavy (non-hydrogen) atoms. The minimum Gasteiger partial charge on any atom is -0.270 e. The number of halogens is 1. The highest BCUT2D eigenvalue weighted by Crippen LogP contribution is 2.34. The molecule has 3 aromatic rings. The average Bonchev–Trinajstić information content (AvgIpc) is 2.86. The van der Waals surface area contributed by atoms with Gasteiger partial charge in [-0.2, -0.15) is 0 Å². The van der Waals surface area contributed by atoms with Crippen LogP contribution in [0.15, 0.2) is 52.4 Å². The van der Waals surface area contributed by atoms with Crippen LogP contribution in [-0.2, 0) is 0 Å². The van der Waals surface area contributed by atoms with Crippen molar-refractivity contribution in [3.63, 3.8) is 0 Å². The minimum absolute atomic E-state index is 0.111. The lowest BCUT2D eigenvalue weighted by atomic mass is 10.0. The molecule has 1 unspecified atom stereocenters. The Kier molecular flexibility index (Phi) is 3.61. The predicted molar refractivity (Wildman–Crippen MR) is 82.9 cm³/mol. The molecule has 5 heteroatoms. The average molecular weight is 334 g/mol. The Balaban J connectivity index is 2.20. The fraction of sp³-hybridized carbons (Fsp3) is 0.0714. The fourth-order valence-electron chi connectivity index (χ4n) is 2.16. The summed E-state index contributed by atoms with van der Waals surface area (Å²) < 4.78 is 1.05. The molecule has 0 spiro atoms. The maximum Gasteiger partial charge on any atom is 0.0990 e. The third kappa shape index (κ3) is 2.30. The smallest absolute Gasteiger partial charge is 0.0990 e.